The van der Waals surface area contributed by atoms with Gasteiger partial charge in [0.1, 0.15) is 5.69 Å². The molecule has 0 spiro atoms. The first kappa shape index (κ1) is 14.6. The average Bonchev–Trinajstić information content (AvgIpc) is 2.95. The van der Waals surface area contributed by atoms with Crippen LogP contribution in [0.25, 0.3) is 0 Å². The number of aromatic amines is 1. The van der Waals surface area contributed by atoms with Gasteiger partial charge >= 0.3 is 5.97 Å². The molecule has 0 bridgehead atoms. The van der Waals surface area contributed by atoms with Crippen LogP contribution in [-0.2, 0) is 9.53 Å². The van der Waals surface area contributed by atoms with Crippen LogP contribution >= 0.6 is 0 Å². The minimum Gasteiger partial charge on any atom is -0.448 e. The Balaban J connectivity index is 1.84. The number of carbonyl (C=O) groups is 2. The van der Waals surface area contributed by atoms with Gasteiger partial charge in [-0.3, -0.25) is 4.79 Å². The minimum absolute atomic E-state index is 0.197. The van der Waals surface area contributed by atoms with Gasteiger partial charge in [-0.1, -0.05) is 19.8 Å². The van der Waals surface area contributed by atoms with Crippen LogP contribution in [0.5, 0.6) is 0 Å². The Hall–Kier alpha value is -1.78. The average molecular weight is 278 g/mol. The second kappa shape index (κ2) is 6.59. The molecule has 2 rings (SSSR count). The molecule has 1 aliphatic carbocycles. The van der Waals surface area contributed by atoms with Crippen molar-refractivity contribution in [2.24, 2.45) is 5.92 Å². The lowest BCUT2D eigenvalue weighted by Gasteiger charge is -2.30. The lowest BCUT2D eigenvalue weighted by Crippen LogP contribution is -2.46. The molecule has 3 atom stereocenters. The van der Waals surface area contributed by atoms with Gasteiger partial charge in [0.05, 0.1) is 0 Å². The Morgan fingerprint density at radius 3 is 2.80 bits per heavy atom. The third-order valence-electron chi connectivity index (χ3n) is 3.91. The first-order valence-electron chi connectivity index (χ1n) is 7.22. The van der Waals surface area contributed by atoms with Crippen molar-refractivity contribution in [1.82, 2.24) is 10.3 Å². The number of nitrogens with one attached hydrogen (secondary N) is 2. The maximum Gasteiger partial charge on any atom is 0.355 e. The van der Waals surface area contributed by atoms with Crippen molar-refractivity contribution in [3.05, 3.63) is 24.0 Å². The van der Waals surface area contributed by atoms with Crippen LogP contribution in [0.1, 0.15) is 50.0 Å². The Labute approximate surface area is 119 Å². The van der Waals surface area contributed by atoms with Gasteiger partial charge in [0.15, 0.2) is 6.10 Å². The first-order valence-corrected chi connectivity index (χ1v) is 7.22. The van der Waals surface area contributed by atoms with E-state index in [-0.39, 0.29) is 11.9 Å². The van der Waals surface area contributed by atoms with Crippen molar-refractivity contribution in [2.45, 2.75) is 51.7 Å². The molecule has 0 aromatic carbocycles. The van der Waals surface area contributed by atoms with Crippen LogP contribution < -0.4 is 5.32 Å². The molecular weight excluding hydrogens is 256 g/mol. The third-order valence-corrected chi connectivity index (χ3v) is 3.91. The number of esters is 1. The van der Waals surface area contributed by atoms with E-state index < -0.39 is 12.1 Å². The van der Waals surface area contributed by atoms with Gasteiger partial charge in [-0.15, -0.1) is 0 Å². The maximum absolute atomic E-state index is 12.1. The molecular formula is C15H22N2O3. The first-order chi connectivity index (χ1) is 9.58. The molecule has 1 heterocycles. The molecule has 1 saturated carbocycles. The summed E-state index contributed by atoms with van der Waals surface area (Å²) in [6.45, 7) is 3.75. The number of H-pyrrole nitrogens is 1. The fourth-order valence-corrected chi connectivity index (χ4v) is 2.57. The number of hydrogen-bond donors (Lipinski definition) is 2. The summed E-state index contributed by atoms with van der Waals surface area (Å²) in [6.07, 6.45) is 5.38. The smallest absolute Gasteiger partial charge is 0.355 e. The standard InChI is InChI=1S/C15H22N2O3/c1-10-6-3-4-7-12(10)17-14(18)11(2)20-15(19)13-8-5-9-16-13/h5,8-12,16H,3-4,6-7H2,1-2H3,(H,17,18)/t10-,11+,12-/m0/s1. The second-order valence-electron chi connectivity index (χ2n) is 5.51. The van der Waals surface area contributed by atoms with E-state index >= 15 is 0 Å². The second-order valence-corrected chi connectivity index (χ2v) is 5.51. The van der Waals surface area contributed by atoms with Gasteiger partial charge in [-0.25, -0.2) is 4.79 Å². The van der Waals surface area contributed by atoms with Crippen molar-refractivity contribution < 1.29 is 14.3 Å². The lowest BCUT2D eigenvalue weighted by molar-refractivity contribution is -0.130. The fraction of sp³-hybridized carbons (Fsp3) is 0.600. The van der Waals surface area contributed by atoms with Gasteiger partial charge in [0, 0.05) is 12.2 Å². The normalized spacial score (nSPS) is 23.9. The Morgan fingerprint density at radius 2 is 2.15 bits per heavy atom. The van der Waals surface area contributed by atoms with E-state index in [0.717, 1.165) is 19.3 Å². The number of hydrogen-bond acceptors (Lipinski definition) is 3. The predicted octanol–water partition coefficient (Wildman–Crippen LogP) is 2.25. The van der Waals surface area contributed by atoms with E-state index in [1.165, 1.54) is 6.42 Å². The van der Waals surface area contributed by atoms with E-state index in [9.17, 15) is 9.59 Å². The molecule has 0 unspecified atom stereocenters. The summed E-state index contributed by atoms with van der Waals surface area (Å²) in [4.78, 5) is 26.6. The summed E-state index contributed by atoms with van der Waals surface area (Å²) in [5.74, 6) is -0.239. The number of amides is 1. The van der Waals surface area contributed by atoms with Crippen molar-refractivity contribution in [3.63, 3.8) is 0 Å². The number of rotatable bonds is 4. The van der Waals surface area contributed by atoms with Crippen molar-refractivity contribution in [2.75, 3.05) is 0 Å². The number of ether oxygens (including phenoxy) is 1. The molecule has 0 radical (unpaired) electrons. The van der Waals surface area contributed by atoms with E-state index in [2.05, 4.69) is 17.2 Å². The van der Waals surface area contributed by atoms with Crippen LogP contribution in [0.15, 0.2) is 18.3 Å². The molecule has 5 nitrogen and oxygen atoms in total. The number of carbonyl (C=O) groups excluding carboxylic acids is 2. The highest BCUT2D eigenvalue weighted by atomic mass is 16.5. The van der Waals surface area contributed by atoms with Gasteiger partial charge < -0.3 is 15.0 Å². The van der Waals surface area contributed by atoms with Crippen LogP contribution in [0, 0.1) is 5.92 Å². The summed E-state index contributed by atoms with van der Waals surface area (Å²) in [7, 11) is 0. The third kappa shape index (κ3) is 3.62. The largest absolute Gasteiger partial charge is 0.448 e. The molecule has 1 aromatic heterocycles. The molecule has 1 aromatic rings. The predicted molar refractivity (Wildman–Crippen MR) is 75.2 cm³/mol. The molecule has 5 heteroatoms. The van der Waals surface area contributed by atoms with Crippen LogP contribution in [0.4, 0.5) is 0 Å². The summed E-state index contributed by atoms with van der Waals surface area (Å²) in [5, 5.41) is 2.99. The highest BCUT2D eigenvalue weighted by molar-refractivity contribution is 5.90. The zero-order chi connectivity index (χ0) is 14.5. The van der Waals surface area contributed by atoms with Crippen molar-refractivity contribution in [3.8, 4) is 0 Å². The zero-order valence-electron chi connectivity index (χ0n) is 12.0. The van der Waals surface area contributed by atoms with Crippen LogP contribution in [0.2, 0.25) is 0 Å². The molecule has 110 valence electrons. The molecule has 1 amide bonds. The van der Waals surface area contributed by atoms with Crippen LogP contribution in [0.3, 0.4) is 0 Å². The SMILES string of the molecule is C[C@@H](OC(=O)c1ccc[nH]1)C(=O)N[C@H]1CCCC[C@@H]1C. The van der Waals surface area contributed by atoms with Crippen molar-refractivity contribution in [1.29, 1.82) is 0 Å². The molecule has 1 aliphatic rings. The highest BCUT2D eigenvalue weighted by Crippen LogP contribution is 2.23. The van der Waals surface area contributed by atoms with E-state index in [1.54, 1.807) is 25.3 Å². The van der Waals surface area contributed by atoms with Crippen molar-refractivity contribution >= 4 is 11.9 Å². The summed E-state index contributed by atoms with van der Waals surface area (Å²) in [5.41, 5.74) is 0.357. The van der Waals surface area contributed by atoms with Gasteiger partial charge in [-0.2, -0.15) is 0 Å². The monoisotopic (exact) mass is 278 g/mol. The van der Waals surface area contributed by atoms with E-state index in [4.69, 9.17) is 4.74 Å². The topological polar surface area (TPSA) is 71.2 Å². The van der Waals surface area contributed by atoms with Gasteiger partial charge in [0.2, 0.25) is 0 Å². The Kier molecular flexibility index (Phi) is 4.82. The lowest BCUT2D eigenvalue weighted by atomic mass is 9.86. The molecule has 20 heavy (non-hydrogen) atoms. The molecule has 0 saturated heterocycles. The van der Waals surface area contributed by atoms with Gasteiger partial charge in [0.25, 0.3) is 5.91 Å². The molecule has 2 N–H and O–H groups in total. The van der Waals surface area contributed by atoms with Crippen LogP contribution in [-0.4, -0.2) is 29.0 Å². The zero-order valence-corrected chi connectivity index (χ0v) is 12.0. The van der Waals surface area contributed by atoms with Gasteiger partial charge in [-0.05, 0) is 37.8 Å². The summed E-state index contributed by atoms with van der Waals surface area (Å²) >= 11 is 0. The maximum atomic E-state index is 12.1. The highest BCUT2D eigenvalue weighted by Gasteiger charge is 2.26. The Bertz CT molecular complexity index is 456. The quantitative estimate of drug-likeness (QED) is 0.830. The fourth-order valence-electron chi connectivity index (χ4n) is 2.57. The van der Waals surface area contributed by atoms with E-state index in [1.807, 2.05) is 0 Å². The Morgan fingerprint density at radius 1 is 1.40 bits per heavy atom. The molecule has 1 fully saturated rings. The molecule has 0 aliphatic heterocycles. The van der Waals surface area contributed by atoms with E-state index in [0.29, 0.717) is 11.6 Å². The summed E-state index contributed by atoms with van der Waals surface area (Å²) < 4.78 is 5.15. The minimum atomic E-state index is -0.778. The number of aromatic nitrogens is 1. The summed E-state index contributed by atoms with van der Waals surface area (Å²) in [6, 6.07) is 3.53.